The van der Waals surface area contributed by atoms with Gasteiger partial charge in [0.15, 0.2) is 5.69 Å². The summed E-state index contributed by atoms with van der Waals surface area (Å²) in [4.78, 5) is 23.6. The Morgan fingerprint density at radius 1 is 1.20 bits per heavy atom. The van der Waals surface area contributed by atoms with Gasteiger partial charge in [-0.15, -0.1) is 0 Å². The van der Waals surface area contributed by atoms with Crippen molar-refractivity contribution >= 4 is 34.8 Å². The third kappa shape index (κ3) is 4.50. The average Bonchev–Trinajstić information content (AvgIpc) is 2.88. The lowest BCUT2D eigenvalue weighted by molar-refractivity contribution is -0.144. The fourth-order valence-corrected chi connectivity index (χ4v) is 2.36. The van der Waals surface area contributed by atoms with Crippen LogP contribution in [0.4, 0.5) is 24.5 Å². The molecule has 0 atom stereocenters. The van der Waals surface area contributed by atoms with E-state index in [-0.39, 0.29) is 23.0 Å². The molecule has 0 saturated carbocycles. The van der Waals surface area contributed by atoms with Gasteiger partial charge in [-0.1, -0.05) is 18.5 Å². The minimum Gasteiger partial charge on any atom is -0.326 e. The summed E-state index contributed by atoms with van der Waals surface area (Å²) in [5.41, 5.74) is -1.32. The number of hydrogen-bond acceptors (Lipinski definition) is 3. The van der Waals surface area contributed by atoms with Crippen molar-refractivity contribution in [1.82, 2.24) is 9.78 Å². The second kappa shape index (κ2) is 7.14. The second-order valence-corrected chi connectivity index (χ2v) is 5.55. The van der Waals surface area contributed by atoms with E-state index in [1.165, 1.54) is 18.2 Å². The third-order valence-electron chi connectivity index (χ3n) is 3.21. The monoisotopic (exact) mass is 374 g/mol. The van der Waals surface area contributed by atoms with Gasteiger partial charge in [-0.2, -0.15) is 18.3 Å². The first-order valence-electron chi connectivity index (χ1n) is 7.12. The number of alkyl halides is 3. The molecule has 0 aliphatic carbocycles. The highest BCUT2D eigenvalue weighted by Gasteiger charge is 2.39. The Morgan fingerprint density at radius 2 is 1.80 bits per heavy atom. The molecule has 0 aliphatic rings. The minimum atomic E-state index is -4.73. The molecule has 0 fully saturated rings. The van der Waals surface area contributed by atoms with Gasteiger partial charge >= 0.3 is 6.18 Å². The van der Waals surface area contributed by atoms with E-state index in [2.05, 4.69) is 15.7 Å². The Morgan fingerprint density at radius 3 is 2.36 bits per heavy atom. The van der Waals surface area contributed by atoms with E-state index < -0.39 is 23.3 Å². The molecule has 1 heterocycles. The summed E-state index contributed by atoms with van der Waals surface area (Å²) in [6.45, 7) is 1.66. The lowest BCUT2D eigenvalue weighted by Crippen LogP contribution is -2.20. The van der Waals surface area contributed by atoms with Crippen LogP contribution in [-0.2, 0) is 18.0 Å². The Hall–Kier alpha value is -2.55. The zero-order chi connectivity index (χ0) is 18.8. The number of hydrogen-bond donors (Lipinski definition) is 2. The largest absolute Gasteiger partial charge is 0.433 e. The maximum absolute atomic E-state index is 13.0. The van der Waals surface area contributed by atoms with Crippen molar-refractivity contribution in [2.24, 2.45) is 7.05 Å². The van der Waals surface area contributed by atoms with Gasteiger partial charge in [0.25, 0.3) is 5.91 Å². The number of nitrogens with zero attached hydrogens (tertiary/aromatic N) is 2. The van der Waals surface area contributed by atoms with Crippen molar-refractivity contribution in [2.45, 2.75) is 19.5 Å². The van der Waals surface area contributed by atoms with Gasteiger partial charge < -0.3 is 10.6 Å². The number of carbonyl (C=O) groups excluding carboxylic acids is 2. The van der Waals surface area contributed by atoms with Gasteiger partial charge in [0.2, 0.25) is 5.91 Å². The zero-order valence-electron chi connectivity index (χ0n) is 13.2. The van der Waals surface area contributed by atoms with Crippen LogP contribution in [-0.4, -0.2) is 21.6 Å². The first-order chi connectivity index (χ1) is 11.6. The molecule has 1 aromatic heterocycles. The summed E-state index contributed by atoms with van der Waals surface area (Å²) in [7, 11) is 1.09. The number of nitrogens with one attached hydrogen (secondary N) is 2. The molecule has 2 rings (SSSR count). The number of amides is 2. The molecule has 10 heteroatoms. The number of benzene rings is 1. The van der Waals surface area contributed by atoms with E-state index in [9.17, 15) is 22.8 Å². The molecule has 2 N–H and O–H groups in total. The van der Waals surface area contributed by atoms with Crippen molar-refractivity contribution in [1.29, 1.82) is 0 Å². The molecule has 134 valence electrons. The highest BCUT2D eigenvalue weighted by Crippen LogP contribution is 2.32. The molecule has 1 aromatic carbocycles. The molecule has 6 nitrogen and oxygen atoms in total. The summed E-state index contributed by atoms with van der Waals surface area (Å²) in [6, 6.07) is 4.20. The summed E-state index contributed by atoms with van der Waals surface area (Å²) >= 11 is 5.92. The molecule has 0 spiro atoms. The molecular weight excluding hydrogens is 361 g/mol. The van der Waals surface area contributed by atoms with E-state index in [0.29, 0.717) is 10.4 Å². The topological polar surface area (TPSA) is 76.0 Å². The lowest BCUT2D eigenvalue weighted by atomic mass is 10.2. The fraction of sp³-hybridized carbons (Fsp3) is 0.267. The van der Waals surface area contributed by atoms with Crippen LogP contribution in [0.5, 0.6) is 0 Å². The number of anilines is 2. The van der Waals surface area contributed by atoms with E-state index in [1.54, 1.807) is 6.92 Å². The number of aryl methyl sites for hydroxylation is 1. The maximum Gasteiger partial charge on any atom is 0.433 e. The van der Waals surface area contributed by atoms with Crippen LogP contribution >= 0.6 is 11.6 Å². The summed E-state index contributed by atoms with van der Waals surface area (Å²) in [6.07, 6.45) is -3.66. The van der Waals surface area contributed by atoms with Gasteiger partial charge in [0, 0.05) is 29.9 Å². The standard InChI is InChI=1S/C15H14ClF3N4O2/c1-3-12(24)21-9-4-8(16)5-10(6-9)22-14(25)11-7-20-23(2)13(11)15(17,18)19/h4-7H,3H2,1-2H3,(H,21,24)(H,22,25). The van der Waals surface area contributed by atoms with Gasteiger partial charge in [-0.05, 0) is 18.2 Å². The second-order valence-electron chi connectivity index (χ2n) is 5.11. The van der Waals surface area contributed by atoms with Crippen molar-refractivity contribution in [3.8, 4) is 0 Å². The van der Waals surface area contributed by atoms with Crippen LogP contribution in [0.1, 0.15) is 29.4 Å². The summed E-state index contributed by atoms with van der Waals surface area (Å²) in [5.74, 6) is -1.26. The first kappa shape index (κ1) is 18.8. The fourth-order valence-electron chi connectivity index (χ4n) is 2.12. The molecular formula is C15H14ClF3N4O2. The van der Waals surface area contributed by atoms with Crippen molar-refractivity contribution < 1.29 is 22.8 Å². The van der Waals surface area contributed by atoms with Crippen LogP contribution < -0.4 is 10.6 Å². The Balaban J connectivity index is 2.29. The van der Waals surface area contributed by atoms with Crippen LogP contribution in [0.3, 0.4) is 0 Å². The van der Waals surface area contributed by atoms with Crippen molar-refractivity contribution in [3.63, 3.8) is 0 Å². The smallest absolute Gasteiger partial charge is 0.326 e. The number of aromatic nitrogens is 2. The van der Waals surface area contributed by atoms with Crippen LogP contribution in [0.15, 0.2) is 24.4 Å². The Labute approximate surface area is 146 Å². The maximum atomic E-state index is 13.0. The van der Waals surface area contributed by atoms with Gasteiger partial charge in [0.1, 0.15) is 0 Å². The van der Waals surface area contributed by atoms with E-state index in [0.717, 1.165) is 13.2 Å². The average molecular weight is 375 g/mol. The highest BCUT2D eigenvalue weighted by molar-refractivity contribution is 6.31. The van der Waals surface area contributed by atoms with E-state index >= 15 is 0 Å². The molecule has 0 radical (unpaired) electrons. The highest BCUT2D eigenvalue weighted by atomic mass is 35.5. The SMILES string of the molecule is CCC(=O)Nc1cc(Cl)cc(NC(=O)c2cnn(C)c2C(F)(F)F)c1. The van der Waals surface area contributed by atoms with Gasteiger partial charge in [-0.3, -0.25) is 14.3 Å². The molecule has 2 aromatic rings. The normalized spacial score (nSPS) is 11.3. The Bertz CT molecular complexity index is 818. The third-order valence-corrected chi connectivity index (χ3v) is 3.43. The minimum absolute atomic E-state index is 0.140. The van der Waals surface area contributed by atoms with Crippen LogP contribution in [0.2, 0.25) is 5.02 Å². The van der Waals surface area contributed by atoms with E-state index in [4.69, 9.17) is 11.6 Å². The first-order valence-corrected chi connectivity index (χ1v) is 7.50. The van der Waals surface area contributed by atoms with E-state index in [1.807, 2.05) is 0 Å². The quantitative estimate of drug-likeness (QED) is 0.856. The molecule has 25 heavy (non-hydrogen) atoms. The van der Waals surface area contributed by atoms with Crippen LogP contribution in [0, 0.1) is 0 Å². The zero-order valence-corrected chi connectivity index (χ0v) is 14.0. The summed E-state index contributed by atoms with van der Waals surface area (Å²) < 4.78 is 39.7. The molecule has 2 amide bonds. The summed E-state index contributed by atoms with van der Waals surface area (Å²) in [5, 5.41) is 8.57. The lowest BCUT2D eigenvalue weighted by Gasteiger charge is -2.11. The van der Waals surface area contributed by atoms with Gasteiger partial charge in [0.05, 0.1) is 11.8 Å². The molecule has 0 saturated heterocycles. The van der Waals surface area contributed by atoms with Crippen molar-refractivity contribution in [2.75, 3.05) is 10.6 Å². The predicted molar refractivity (Wildman–Crippen MR) is 86.5 cm³/mol. The number of halogens is 4. The molecule has 0 aliphatic heterocycles. The predicted octanol–water partition coefficient (Wildman–Crippen LogP) is 3.69. The number of rotatable bonds is 4. The van der Waals surface area contributed by atoms with Crippen molar-refractivity contribution in [3.05, 3.63) is 40.7 Å². The molecule has 0 unspecified atom stereocenters. The molecule has 0 bridgehead atoms. The van der Waals surface area contributed by atoms with Gasteiger partial charge in [-0.25, -0.2) is 0 Å². The number of carbonyl (C=O) groups is 2. The van der Waals surface area contributed by atoms with Crippen LogP contribution in [0.25, 0.3) is 0 Å². The Kier molecular flexibility index (Phi) is 5.36.